The molecule has 39 heavy (non-hydrogen) atoms. The van der Waals surface area contributed by atoms with Crippen LogP contribution in [0.3, 0.4) is 0 Å². The Bertz CT molecular complexity index is 1290. The molecule has 8 nitrogen and oxygen atoms in total. The fourth-order valence-electron chi connectivity index (χ4n) is 8.03. The summed E-state index contributed by atoms with van der Waals surface area (Å²) >= 11 is 0. The molecule has 3 fully saturated rings. The third kappa shape index (κ3) is 4.86. The highest BCUT2D eigenvalue weighted by atomic mass is 16.3. The number of aromatic hydroxyl groups is 1. The lowest BCUT2D eigenvalue weighted by Gasteiger charge is -2.47. The molecule has 1 atom stereocenters. The Morgan fingerprint density at radius 3 is 2.21 bits per heavy atom. The molecule has 0 unspecified atom stereocenters. The summed E-state index contributed by atoms with van der Waals surface area (Å²) in [7, 11) is 0. The van der Waals surface area contributed by atoms with E-state index in [1.165, 1.54) is 89.1 Å². The normalized spacial score (nSPS) is 25.3. The summed E-state index contributed by atoms with van der Waals surface area (Å²) in [6, 6.07) is 12.1. The summed E-state index contributed by atoms with van der Waals surface area (Å²) in [6.07, 6.45) is 8.88. The second-order valence-electron chi connectivity index (χ2n) is 12.2. The molecule has 2 aromatic heterocycles. The van der Waals surface area contributed by atoms with Crippen molar-refractivity contribution in [3.63, 3.8) is 0 Å². The van der Waals surface area contributed by atoms with E-state index in [9.17, 15) is 5.11 Å². The van der Waals surface area contributed by atoms with Crippen LogP contribution in [0.15, 0.2) is 30.3 Å². The van der Waals surface area contributed by atoms with Crippen LogP contribution in [-0.4, -0.2) is 98.9 Å². The van der Waals surface area contributed by atoms with Crippen molar-refractivity contribution in [2.45, 2.75) is 76.0 Å². The topological polar surface area (TPSA) is 83.5 Å². The van der Waals surface area contributed by atoms with Gasteiger partial charge in [-0.05, 0) is 108 Å². The van der Waals surface area contributed by atoms with Crippen LogP contribution in [-0.2, 0) is 6.42 Å². The summed E-state index contributed by atoms with van der Waals surface area (Å²) in [6.45, 7) is 10.9. The number of likely N-dealkylation sites (tertiary alicyclic amines) is 2. The zero-order valence-corrected chi connectivity index (χ0v) is 23.3. The summed E-state index contributed by atoms with van der Waals surface area (Å²) in [5.74, 6) is 0.244. The molecule has 0 saturated carbocycles. The van der Waals surface area contributed by atoms with Crippen LogP contribution in [0, 0.1) is 0 Å². The monoisotopic (exact) mass is 529 g/mol. The number of hydrogen-bond donors (Lipinski definition) is 3. The molecular formula is C31H43N7O. The molecule has 3 saturated heterocycles. The van der Waals surface area contributed by atoms with E-state index < -0.39 is 0 Å². The summed E-state index contributed by atoms with van der Waals surface area (Å²) in [4.78, 5) is 11.9. The molecule has 0 bridgehead atoms. The highest BCUT2D eigenvalue weighted by Gasteiger charge is 2.36. The number of H-pyrrole nitrogens is 1. The number of para-hydroxylation sites is 1. The minimum atomic E-state index is 0.244. The molecule has 3 N–H and O–H groups in total. The largest absolute Gasteiger partial charge is 0.507 e. The van der Waals surface area contributed by atoms with E-state index in [2.05, 4.69) is 48.2 Å². The van der Waals surface area contributed by atoms with E-state index in [1.807, 2.05) is 18.2 Å². The number of nitrogens with one attached hydrogen (secondary N) is 2. The SMILES string of the molecule is C[C@H]1c2c([nH]c3nnc(-c4ccccc4O)cc23)CCN1C1CCN(C2CCN(C3CCNCC3)CC2)CC1. The Kier molecular flexibility index (Phi) is 7.05. The van der Waals surface area contributed by atoms with Gasteiger partial charge in [0.15, 0.2) is 5.65 Å². The molecule has 4 aliphatic heterocycles. The van der Waals surface area contributed by atoms with Crippen LogP contribution in [0.4, 0.5) is 0 Å². The van der Waals surface area contributed by atoms with E-state index in [-0.39, 0.29) is 5.75 Å². The number of aromatic nitrogens is 3. The van der Waals surface area contributed by atoms with E-state index in [4.69, 9.17) is 0 Å². The molecule has 8 heteroatoms. The minimum Gasteiger partial charge on any atom is -0.507 e. The summed E-state index contributed by atoms with van der Waals surface area (Å²) in [5, 5.41) is 24.0. The molecule has 6 heterocycles. The smallest absolute Gasteiger partial charge is 0.160 e. The lowest BCUT2D eigenvalue weighted by atomic mass is 9.91. The van der Waals surface area contributed by atoms with Crippen molar-refractivity contribution in [3.05, 3.63) is 41.6 Å². The fraction of sp³-hybridized carbons (Fsp3) is 0.613. The van der Waals surface area contributed by atoms with E-state index in [0.29, 0.717) is 12.1 Å². The van der Waals surface area contributed by atoms with Gasteiger partial charge in [0.1, 0.15) is 5.75 Å². The van der Waals surface area contributed by atoms with Crippen molar-refractivity contribution in [3.8, 4) is 17.0 Å². The zero-order chi connectivity index (χ0) is 26.3. The number of phenolic OH excluding ortho intramolecular Hbond substituents is 1. The van der Waals surface area contributed by atoms with Crippen molar-refractivity contribution in [2.75, 3.05) is 45.8 Å². The van der Waals surface area contributed by atoms with E-state index >= 15 is 0 Å². The second kappa shape index (κ2) is 10.8. The van der Waals surface area contributed by atoms with Crippen LogP contribution >= 0.6 is 0 Å². The fourth-order valence-corrected chi connectivity index (χ4v) is 8.03. The number of phenols is 1. The number of rotatable bonds is 4. The van der Waals surface area contributed by atoms with E-state index in [1.54, 1.807) is 6.07 Å². The zero-order valence-electron chi connectivity index (χ0n) is 23.3. The van der Waals surface area contributed by atoms with Crippen molar-refractivity contribution in [1.82, 2.24) is 35.2 Å². The summed E-state index contributed by atoms with van der Waals surface area (Å²) in [5.41, 5.74) is 4.99. The van der Waals surface area contributed by atoms with Crippen LogP contribution in [0.5, 0.6) is 5.75 Å². The number of piperidine rings is 3. The van der Waals surface area contributed by atoms with Crippen LogP contribution in [0.2, 0.25) is 0 Å². The third-order valence-corrected chi connectivity index (χ3v) is 10.2. The number of hydrogen-bond acceptors (Lipinski definition) is 7. The van der Waals surface area contributed by atoms with Gasteiger partial charge in [-0.2, -0.15) is 0 Å². The van der Waals surface area contributed by atoms with Gasteiger partial charge in [-0.15, -0.1) is 10.2 Å². The Hall–Kier alpha value is -2.52. The standard InChI is InChI=1S/C31H43N7O/c1-21-30-26-20-28(25-4-2-3-5-29(25)39)34-35-31(26)33-27(30)12-19-38(21)24-10-17-37(18-11-24)23-8-15-36(16-9-23)22-6-13-32-14-7-22/h2-5,20-24,32,39H,6-19H2,1H3,(H,33,35)/t21-/m0/s1. The van der Waals surface area contributed by atoms with Crippen LogP contribution < -0.4 is 5.32 Å². The average Bonchev–Trinajstić information content (AvgIpc) is 3.37. The van der Waals surface area contributed by atoms with Gasteiger partial charge in [-0.3, -0.25) is 4.90 Å². The molecule has 208 valence electrons. The highest BCUT2D eigenvalue weighted by molar-refractivity contribution is 5.86. The maximum absolute atomic E-state index is 10.4. The van der Waals surface area contributed by atoms with Gasteiger partial charge in [-0.25, -0.2) is 0 Å². The maximum atomic E-state index is 10.4. The number of fused-ring (bicyclic) bond motifs is 3. The predicted molar refractivity (Wildman–Crippen MR) is 155 cm³/mol. The van der Waals surface area contributed by atoms with Gasteiger partial charge < -0.3 is 25.2 Å². The van der Waals surface area contributed by atoms with E-state index in [0.717, 1.165) is 47.3 Å². The Labute approximate surface area is 231 Å². The summed E-state index contributed by atoms with van der Waals surface area (Å²) < 4.78 is 0. The molecule has 0 spiro atoms. The molecule has 0 radical (unpaired) electrons. The Balaban J connectivity index is 1.01. The average molecular weight is 530 g/mol. The number of benzene rings is 1. The maximum Gasteiger partial charge on any atom is 0.160 e. The lowest BCUT2D eigenvalue weighted by molar-refractivity contribution is 0.0289. The molecule has 7 rings (SSSR count). The van der Waals surface area contributed by atoms with Crippen molar-refractivity contribution < 1.29 is 5.11 Å². The first-order valence-electron chi connectivity index (χ1n) is 15.3. The molecule has 4 aliphatic rings. The van der Waals surface area contributed by atoms with Gasteiger partial charge in [0.05, 0.1) is 5.69 Å². The van der Waals surface area contributed by atoms with Gasteiger partial charge in [0.25, 0.3) is 0 Å². The van der Waals surface area contributed by atoms with Gasteiger partial charge in [0.2, 0.25) is 0 Å². The highest BCUT2D eigenvalue weighted by Crippen LogP contribution is 2.39. The van der Waals surface area contributed by atoms with Crippen LogP contribution in [0.25, 0.3) is 22.3 Å². The first-order valence-corrected chi connectivity index (χ1v) is 15.3. The first-order chi connectivity index (χ1) is 19.2. The molecule has 1 aromatic carbocycles. The van der Waals surface area contributed by atoms with Crippen LogP contribution in [0.1, 0.15) is 62.7 Å². The predicted octanol–water partition coefficient (Wildman–Crippen LogP) is 3.93. The van der Waals surface area contributed by atoms with Crippen molar-refractivity contribution in [2.24, 2.45) is 0 Å². The lowest BCUT2D eigenvalue weighted by Crippen LogP contribution is -2.54. The quantitative estimate of drug-likeness (QED) is 0.472. The second-order valence-corrected chi connectivity index (χ2v) is 12.2. The molecule has 0 amide bonds. The molecular weight excluding hydrogens is 486 g/mol. The first kappa shape index (κ1) is 25.4. The Morgan fingerprint density at radius 2 is 1.49 bits per heavy atom. The van der Waals surface area contributed by atoms with Gasteiger partial charge in [0, 0.05) is 53.8 Å². The molecule has 0 aliphatic carbocycles. The van der Waals surface area contributed by atoms with Gasteiger partial charge in [-0.1, -0.05) is 12.1 Å². The van der Waals surface area contributed by atoms with Crippen molar-refractivity contribution in [1.29, 1.82) is 0 Å². The number of nitrogens with zero attached hydrogens (tertiary/aromatic N) is 5. The van der Waals surface area contributed by atoms with Crippen molar-refractivity contribution >= 4 is 11.0 Å². The van der Waals surface area contributed by atoms with Gasteiger partial charge >= 0.3 is 0 Å². The third-order valence-electron chi connectivity index (χ3n) is 10.2. The minimum absolute atomic E-state index is 0.244. The number of aromatic amines is 1. The Morgan fingerprint density at radius 1 is 0.821 bits per heavy atom. The molecule has 3 aromatic rings.